The third-order valence-electron chi connectivity index (χ3n) is 4.32. The molecule has 0 N–H and O–H groups in total. The topological polar surface area (TPSA) is 20.3 Å². The van der Waals surface area contributed by atoms with Gasteiger partial charge in [0.05, 0.1) is 5.56 Å². The zero-order valence-electron chi connectivity index (χ0n) is 12.8. The van der Waals surface area contributed by atoms with Crippen LogP contribution >= 0.6 is 11.3 Å². The molecule has 0 radical (unpaired) electrons. The van der Waals surface area contributed by atoms with Crippen molar-refractivity contribution in [3.8, 4) is 0 Å². The number of carbonyl (C=O) groups is 1. The third-order valence-corrected chi connectivity index (χ3v) is 5.28. The zero-order chi connectivity index (χ0) is 16.7. The Bertz CT molecular complexity index is 917. The molecule has 0 aliphatic heterocycles. The Balaban J connectivity index is 1.67. The molecule has 0 unspecified atom stereocenters. The van der Waals surface area contributed by atoms with Crippen LogP contribution in [0.1, 0.15) is 28.8 Å². The van der Waals surface area contributed by atoms with Gasteiger partial charge >= 0.3 is 0 Å². The van der Waals surface area contributed by atoms with E-state index >= 15 is 0 Å². The molecule has 1 heterocycles. The molecule has 2 nitrogen and oxygen atoms in total. The standard InChI is InChI=1S/C19H15F2NOS/c20-13-6-5-12(17(21)9-13)10-22(14-7-8-14)19(23)16-11-24-18-4-2-1-3-15(16)18/h1-6,9,11,14H,7-8,10H2. The van der Waals surface area contributed by atoms with E-state index < -0.39 is 11.6 Å². The summed E-state index contributed by atoms with van der Waals surface area (Å²) in [5.74, 6) is -1.30. The summed E-state index contributed by atoms with van der Waals surface area (Å²) in [5, 5.41) is 2.79. The van der Waals surface area contributed by atoms with Crippen LogP contribution in [0.15, 0.2) is 47.8 Å². The minimum atomic E-state index is -0.608. The highest BCUT2D eigenvalue weighted by molar-refractivity contribution is 7.17. The van der Waals surface area contributed by atoms with Gasteiger partial charge in [-0.15, -0.1) is 11.3 Å². The lowest BCUT2D eigenvalue weighted by molar-refractivity contribution is 0.0731. The first-order valence-electron chi connectivity index (χ1n) is 7.84. The normalized spacial score (nSPS) is 14.1. The maximum Gasteiger partial charge on any atom is 0.255 e. The highest BCUT2D eigenvalue weighted by Crippen LogP contribution is 2.33. The average Bonchev–Trinajstić information content (AvgIpc) is 3.32. The van der Waals surface area contributed by atoms with Crippen molar-refractivity contribution in [3.05, 3.63) is 70.6 Å². The maximum absolute atomic E-state index is 14.0. The van der Waals surface area contributed by atoms with Crippen molar-refractivity contribution in [2.24, 2.45) is 0 Å². The third kappa shape index (κ3) is 2.80. The van der Waals surface area contributed by atoms with E-state index in [1.807, 2.05) is 29.6 Å². The Morgan fingerprint density at radius 3 is 2.71 bits per heavy atom. The van der Waals surface area contributed by atoms with E-state index in [1.165, 1.54) is 23.5 Å². The number of hydrogen-bond acceptors (Lipinski definition) is 2. The largest absolute Gasteiger partial charge is 0.331 e. The van der Waals surface area contributed by atoms with Crippen LogP contribution in [0.2, 0.25) is 0 Å². The number of nitrogens with zero attached hydrogens (tertiary/aromatic N) is 1. The lowest BCUT2D eigenvalue weighted by Gasteiger charge is -2.22. The van der Waals surface area contributed by atoms with Gasteiger partial charge in [-0.1, -0.05) is 24.3 Å². The molecule has 24 heavy (non-hydrogen) atoms. The zero-order valence-corrected chi connectivity index (χ0v) is 13.7. The quantitative estimate of drug-likeness (QED) is 0.654. The fraction of sp³-hybridized carbons (Fsp3) is 0.211. The molecule has 5 heteroatoms. The first-order valence-corrected chi connectivity index (χ1v) is 8.72. The summed E-state index contributed by atoms with van der Waals surface area (Å²) in [6, 6.07) is 11.4. The summed E-state index contributed by atoms with van der Waals surface area (Å²) in [6.07, 6.45) is 1.85. The van der Waals surface area contributed by atoms with Crippen LogP contribution < -0.4 is 0 Å². The number of hydrogen-bond donors (Lipinski definition) is 0. The predicted molar refractivity (Wildman–Crippen MR) is 91.1 cm³/mol. The molecule has 1 aliphatic carbocycles. The molecule has 1 amide bonds. The minimum Gasteiger partial charge on any atom is -0.331 e. The Labute approximate surface area is 142 Å². The van der Waals surface area contributed by atoms with Gasteiger partial charge in [-0.25, -0.2) is 8.78 Å². The Kier molecular flexibility index (Phi) is 3.81. The molecular formula is C19H15F2NOS. The van der Waals surface area contributed by atoms with E-state index in [4.69, 9.17) is 0 Å². The minimum absolute atomic E-state index is 0.0846. The smallest absolute Gasteiger partial charge is 0.255 e. The van der Waals surface area contributed by atoms with Gasteiger partial charge in [0.1, 0.15) is 11.6 Å². The Morgan fingerprint density at radius 1 is 1.17 bits per heavy atom. The molecule has 0 spiro atoms. The van der Waals surface area contributed by atoms with E-state index in [2.05, 4.69) is 0 Å². The highest BCUT2D eigenvalue weighted by atomic mass is 32.1. The fourth-order valence-corrected chi connectivity index (χ4v) is 3.82. The second-order valence-corrected chi connectivity index (χ2v) is 6.96. The van der Waals surface area contributed by atoms with Crippen LogP contribution in [0.4, 0.5) is 8.78 Å². The number of amides is 1. The molecule has 0 bridgehead atoms. The lowest BCUT2D eigenvalue weighted by Crippen LogP contribution is -2.32. The molecule has 1 fully saturated rings. The van der Waals surface area contributed by atoms with Gasteiger partial charge in [0.25, 0.3) is 5.91 Å². The summed E-state index contributed by atoms with van der Waals surface area (Å²) in [6.45, 7) is 0.166. The molecule has 1 aliphatic rings. The first-order chi connectivity index (χ1) is 11.6. The molecule has 2 aromatic carbocycles. The molecular weight excluding hydrogens is 328 g/mol. The SMILES string of the molecule is O=C(c1csc2ccccc12)N(Cc1ccc(F)cc1F)C1CC1. The van der Waals surface area contributed by atoms with Crippen molar-refractivity contribution in [2.45, 2.75) is 25.4 Å². The number of thiophene rings is 1. The van der Waals surface area contributed by atoms with E-state index in [-0.39, 0.29) is 18.5 Å². The molecule has 122 valence electrons. The maximum atomic E-state index is 14.0. The van der Waals surface area contributed by atoms with Gasteiger partial charge in [0, 0.05) is 39.7 Å². The van der Waals surface area contributed by atoms with Crippen LogP contribution in [0.3, 0.4) is 0 Å². The summed E-state index contributed by atoms with van der Waals surface area (Å²) < 4.78 is 28.1. The van der Waals surface area contributed by atoms with Crippen molar-refractivity contribution < 1.29 is 13.6 Å². The van der Waals surface area contributed by atoms with E-state index in [1.54, 1.807) is 4.90 Å². The van der Waals surface area contributed by atoms with Crippen molar-refractivity contribution in [2.75, 3.05) is 0 Å². The van der Waals surface area contributed by atoms with Crippen molar-refractivity contribution in [1.29, 1.82) is 0 Å². The average molecular weight is 343 g/mol. The molecule has 0 saturated heterocycles. The number of benzene rings is 2. The highest BCUT2D eigenvalue weighted by Gasteiger charge is 2.34. The van der Waals surface area contributed by atoms with Crippen molar-refractivity contribution >= 4 is 27.3 Å². The van der Waals surface area contributed by atoms with Gasteiger partial charge in [0.15, 0.2) is 0 Å². The molecule has 1 saturated carbocycles. The van der Waals surface area contributed by atoms with E-state index in [0.29, 0.717) is 11.1 Å². The lowest BCUT2D eigenvalue weighted by atomic mass is 10.1. The Hall–Kier alpha value is -2.27. The summed E-state index contributed by atoms with van der Waals surface area (Å²) in [7, 11) is 0. The molecule has 4 rings (SSSR count). The van der Waals surface area contributed by atoms with Gasteiger partial charge in [-0.05, 0) is 25.0 Å². The van der Waals surface area contributed by atoms with Gasteiger partial charge < -0.3 is 4.90 Å². The number of halogens is 2. The van der Waals surface area contributed by atoms with Crippen molar-refractivity contribution in [3.63, 3.8) is 0 Å². The Morgan fingerprint density at radius 2 is 1.96 bits per heavy atom. The van der Waals surface area contributed by atoms with Gasteiger partial charge in [-0.2, -0.15) is 0 Å². The van der Waals surface area contributed by atoms with E-state index in [0.717, 1.165) is 29.0 Å². The second kappa shape index (κ2) is 5.98. The number of carbonyl (C=O) groups excluding carboxylic acids is 1. The summed E-state index contributed by atoms with van der Waals surface area (Å²) >= 11 is 1.53. The van der Waals surface area contributed by atoms with Gasteiger partial charge in [-0.3, -0.25) is 4.79 Å². The van der Waals surface area contributed by atoms with Crippen LogP contribution in [-0.2, 0) is 6.54 Å². The second-order valence-electron chi connectivity index (χ2n) is 6.05. The number of fused-ring (bicyclic) bond motifs is 1. The predicted octanol–water partition coefficient (Wildman–Crippen LogP) is 4.98. The summed E-state index contributed by atoms with van der Waals surface area (Å²) in [5.41, 5.74) is 1.00. The van der Waals surface area contributed by atoms with Crippen LogP contribution in [0, 0.1) is 11.6 Å². The van der Waals surface area contributed by atoms with Gasteiger partial charge in [0.2, 0.25) is 0 Å². The van der Waals surface area contributed by atoms with Crippen LogP contribution in [0.5, 0.6) is 0 Å². The van der Waals surface area contributed by atoms with E-state index in [9.17, 15) is 13.6 Å². The molecule has 1 aromatic heterocycles. The number of rotatable bonds is 4. The van der Waals surface area contributed by atoms with Crippen LogP contribution in [0.25, 0.3) is 10.1 Å². The monoisotopic (exact) mass is 343 g/mol. The molecule has 0 atom stereocenters. The van der Waals surface area contributed by atoms with Crippen LogP contribution in [-0.4, -0.2) is 16.8 Å². The van der Waals surface area contributed by atoms with Crippen molar-refractivity contribution in [1.82, 2.24) is 4.90 Å². The summed E-state index contributed by atoms with van der Waals surface area (Å²) in [4.78, 5) is 14.7. The first kappa shape index (κ1) is 15.3. The molecule has 3 aromatic rings. The fourth-order valence-electron chi connectivity index (χ4n) is 2.88.